The van der Waals surface area contributed by atoms with Gasteiger partial charge in [0.15, 0.2) is 0 Å². The number of amides is 2. The third kappa shape index (κ3) is 4.56. The predicted octanol–water partition coefficient (Wildman–Crippen LogP) is 4.94. The maximum atomic E-state index is 13.2. The summed E-state index contributed by atoms with van der Waals surface area (Å²) in [5.74, 6) is 0.393. The van der Waals surface area contributed by atoms with E-state index in [1.807, 2.05) is 70.2 Å². The third-order valence-corrected chi connectivity index (χ3v) is 4.98. The smallest absolute Gasteiger partial charge is 0.278 e. The van der Waals surface area contributed by atoms with Gasteiger partial charge in [-0.25, -0.2) is 0 Å². The van der Waals surface area contributed by atoms with Gasteiger partial charge in [-0.15, -0.1) is 0 Å². The lowest BCUT2D eigenvalue weighted by atomic mass is 10.0. The first-order chi connectivity index (χ1) is 14.3. The molecule has 158 valence electrons. The van der Waals surface area contributed by atoms with Gasteiger partial charge in [-0.1, -0.05) is 45.0 Å². The molecule has 30 heavy (non-hydrogen) atoms. The summed E-state index contributed by atoms with van der Waals surface area (Å²) in [6, 6.07) is 13.4. The number of anilines is 1. The number of rotatable bonds is 8. The molecule has 1 heterocycles. The molecule has 2 amide bonds. The predicted molar refractivity (Wildman–Crippen MR) is 120 cm³/mol. The highest BCUT2D eigenvalue weighted by atomic mass is 16.5. The molecule has 0 aliphatic carbocycles. The number of hydrogen-bond donors (Lipinski definition) is 1. The molecular formula is C25H30N2O3. The van der Waals surface area contributed by atoms with Crippen LogP contribution in [0.25, 0.3) is 5.57 Å². The maximum Gasteiger partial charge on any atom is 0.278 e. The van der Waals surface area contributed by atoms with Crippen LogP contribution in [0.2, 0.25) is 0 Å². The van der Waals surface area contributed by atoms with Gasteiger partial charge in [0.1, 0.15) is 11.4 Å². The second kappa shape index (κ2) is 9.16. The van der Waals surface area contributed by atoms with Gasteiger partial charge in [0.2, 0.25) is 0 Å². The van der Waals surface area contributed by atoms with Crippen LogP contribution < -0.4 is 10.1 Å². The van der Waals surface area contributed by atoms with Gasteiger partial charge in [-0.3, -0.25) is 14.5 Å². The maximum absolute atomic E-state index is 13.2. The van der Waals surface area contributed by atoms with Crippen LogP contribution in [0.15, 0.2) is 48.2 Å². The number of ether oxygens (including phenoxy) is 1. The fourth-order valence-electron chi connectivity index (χ4n) is 3.43. The van der Waals surface area contributed by atoms with Gasteiger partial charge in [-0.2, -0.15) is 0 Å². The number of carbonyl (C=O) groups is 2. The van der Waals surface area contributed by atoms with E-state index in [0.717, 1.165) is 29.0 Å². The molecule has 0 bridgehead atoms. The molecule has 1 N–H and O–H groups in total. The van der Waals surface area contributed by atoms with Crippen molar-refractivity contribution in [2.24, 2.45) is 5.92 Å². The van der Waals surface area contributed by atoms with Crippen molar-refractivity contribution >= 4 is 23.1 Å². The molecule has 0 saturated carbocycles. The monoisotopic (exact) mass is 406 g/mol. The Labute approximate surface area is 178 Å². The highest BCUT2D eigenvalue weighted by molar-refractivity contribution is 6.36. The molecule has 0 unspecified atom stereocenters. The fourth-order valence-corrected chi connectivity index (χ4v) is 3.43. The summed E-state index contributed by atoms with van der Waals surface area (Å²) in [6.45, 7) is 11.1. The van der Waals surface area contributed by atoms with Gasteiger partial charge < -0.3 is 10.1 Å². The number of nitrogens with zero attached hydrogens (tertiary/aromatic N) is 1. The minimum Gasteiger partial charge on any atom is -0.494 e. The van der Waals surface area contributed by atoms with E-state index in [9.17, 15) is 9.59 Å². The van der Waals surface area contributed by atoms with E-state index in [0.29, 0.717) is 30.0 Å². The van der Waals surface area contributed by atoms with Crippen LogP contribution in [-0.4, -0.2) is 29.9 Å². The number of hydrogen-bond acceptors (Lipinski definition) is 4. The largest absolute Gasteiger partial charge is 0.494 e. The van der Waals surface area contributed by atoms with E-state index >= 15 is 0 Å². The van der Waals surface area contributed by atoms with E-state index in [1.165, 1.54) is 4.90 Å². The van der Waals surface area contributed by atoms with Crippen molar-refractivity contribution in [3.8, 4) is 5.75 Å². The summed E-state index contributed by atoms with van der Waals surface area (Å²) in [7, 11) is 0. The van der Waals surface area contributed by atoms with E-state index in [2.05, 4.69) is 12.2 Å². The zero-order valence-electron chi connectivity index (χ0n) is 18.4. The SMILES string of the molecule is CCCOc1ccc(C2=C(Nc3cc(C)ccc3C)C(=O)N(CC(C)C)C2=O)cc1. The molecule has 3 rings (SSSR count). The molecule has 2 aromatic carbocycles. The Morgan fingerprint density at radius 3 is 2.33 bits per heavy atom. The van der Waals surface area contributed by atoms with Gasteiger partial charge in [-0.05, 0) is 61.1 Å². The summed E-state index contributed by atoms with van der Waals surface area (Å²) < 4.78 is 5.65. The van der Waals surface area contributed by atoms with Crippen molar-refractivity contribution < 1.29 is 14.3 Å². The van der Waals surface area contributed by atoms with E-state index < -0.39 is 0 Å². The first-order valence-electron chi connectivity index (χ1n) is 10.5. The van der Waals surface area contributed by atoms with E-state index in [4.69, 9.17) is 4.74 Å². The van der Waals surface area contributed by atoms with Crippen molar-refractivity contribution in [3.63, 3.8) is 0 Å². The Morgan fingerprint density at radius 2 is 1.70 bits per heavy atom. The lowest BCUT2D eigenvalue weighted by Crippen LogP contribution is -2.35. The van der Waals surface area contributed by atoms with Crippen LogP contribution in [0, 0.1) is 19.8 Å². The molecule has 1 aliphatic heterocycles. The Kier molecular flexibility index (Phi) is 6.60. The molecule has 0 radical (unpaired) electrons. The van der Waals surface area contributed by atoms with Crippen molar-refractivity contribution in [2.45, 2.75) is 41.0 Å². The molecule has 5 heteroatoms. The number of aryl methyl sites for hydroxylation is 2. The number of imide groups is 1. The molecule has 0 fully saturated rings. The van der Waals surface area contributed by atoms with Crippen LogP contribution in [0.4, 0.5) is 5.69 Å². The van der Waals surface area contributed by atoms with Crippen molar-refractivity contribution in [1.29, 1.82) is 0 Å². The molecule has 5 nitrogen and oxygen atoms in total. The lowest BCUT2D eigenvalue weighted by Gasteiger charge is -2.17. The minimum absolute atomic E-state index is 0.184. The Morgan fingerprint density at radius 1 is 1.00 bits per heavy atom. The van der Waals surface area contributed by atoms with E-state index in [1.54, 1.807) is 0 Å². The molecule has 1 aliphatic rings. The average molecular weight is 407 g/mol. The lowest BCUT2D eigenvalue weighted by molar-refractivity contribution is -0.137. The minimum atomic E-state index is -0.282. The Balaban J connectivity index is 2.03. The molecule has 0 spiro atoms. The first-order valence-corrected chi connectivity index (χ1v) is 10.5. The Bertz CT molecular complexity index is 974. The number of carbonyl (C=O) groups excluding carboxylic acids is 2. The van der Waals surface area contributed by atoms with Gasteiger partial charge >= 0.3 is 0 Å². The average Bonchev–Trinajstić information content (AvgIpc) is 2.93. The zero-order chi connectivity index (χ0) is 21.8. The summed E-state index contributed by atoms with van der Waals surface area (Å²) in [5.41, 5.74) is 4.37. The second-order valence-corrected chi connectivity index (χ2v) is 8.18. The van der Waals surface area contributed by atoms with Crippen molar-refractivity contribution in [1.82, 2.24) is 4.90 Å². The second-order valence-electron chi connectivity index (χ2n) is 8.18. The summed E-state index contributed by atoms with van der Waals surface area (Å²) in [4.78, 5) is 27.8. The summed E-state index contributed by atoms with van der Waals surface area (Å²) in [5, 5.41) is 3.27. The topological polar surface area (TPSA) is 58.6 Å². The van der Waals surface area contributed by atoms with Crippen LogP contribution in [-0.2, 0) is 9.59 Å². The van der Waals surface area contributed by atoms with Gasteiger partial charge in [0.05, 0.1) is 12.2 Å². The molecular weight excluding hydrogens is 376 g/mol. The van der Waals surface area contributed by atoms with Crippen molar-refractivity contribution in [3.05, 3.63) is 64.9 Å². The fraction of sp³-hybridized carbons (Fsp3) is 0.360. The zero-order valence-corrected chi connectivity index (χ0v) is 18.4. The van der Waals surface area contributed by atoms with Gasteiger partial charge in [0.25, 0.3) is 11.8 Å². The molecule has 2 aromatic rings. The highest BCUT2D eigenvalue weighted by Gasteiger charge is 2.39. The number of benzene rings is 2. The Hall–Kier alpha value is -3.08. The van der Waals surface area contributed by atoms with Crippen LogP contribution >= 0.6 is 0 Å². The quantitative estimate of drug-likeness (QED) is 0.631. The summed E-state index contributed by atoms with van der Waals surface area (Å²) in [6.07, 6.45) is 0.925. The summed E-state index contributed by atoms with van der Waals surface area (Å²) >= 11 is 0. The van der Waals surface area contributed by atoms with E-state index in [-0.39, 0.29) is 17.7 Å². The number of nitrogens with one attached hydrogen (secondary N) is 1. The molecule has 0 aromatic heterocycles. The molecule has 0 saturated heterocycles. The normalized spacial score (nSPS) is 14.1. The van der Waals surface area contributed by atoms with Crippen molar-refractivity contribution in [2.75, 3.05) is 18.5 Å². The standard InChI is InChI=1S/C25H30N2O3/c1-6-13-30-20-11-9-19(10-12-20)22-23(25(29)27(24(22)28)15-16(2)3)26-21-14-17(4)7-8-18(21)5/h7-12,14,16,26H,6,13,15H2,1-5H3. The third-order valence-electron chi connectivity index (χ3n) is 4.98. The molecule has 0 atom stereocenters. The van der Waals surface area contributed by atoms with Gasteiger partial charge in [0, 0.05) is 12.2 Å². The van der Waals surface area contributed by atoms with Crippen LogP contribution in [0.1, 0.15) is 43.9 Å². The highest BCUT2D eigenvalue weighted by Crippen LogP contribution is 2.32. The van der Waals surface area contributed by atoms with Crippen LogP contribution in [0.5, 0.6) is 5.75 Å². The first kappa shape index (κ1) is 21.6. The van der Waals surface area contributed by atoms with Crippen LogP contribution in [0.3, 0.4) is 0 Å².